The highest BCUT2D eigenvalue weighted by Gasteiger charge is 2.46. The van der Waals surface area contributed by atoms with Gasteiger partial charge in [-0.2, -0.15) is 0 Å². The first-order chi connectivity index (χ1) is 9.86. The molecule has 1 aliphatic heterocycles. The topological polar surface area (TPSA) is 61.8 Å². The number of nitrogens with zero attached hydrogens (tertiary/aromatic N) is 2. The number of halogens is 1. The number of likely N-dealkylation sites (tertiary alicyclic amines) is 1. The van der Waals surface area contributed by atoms with Crippen molar-refractivity contribution in [3.63, 3.8) is 0 Å². The highest BCUT2D eigenvalue weighted by Crippen LogP contribution is 2.48. The third kappa shape index (κ3) is 4.07. The van der Waals surface area contributed by atoms with E-state index in [9.17, 15) is 8.42 Å². The Balaban J connectivity index is 0.00000176. The molecule has 0 unspecified atom stereocenters. The number of sulfone groups is 1. The highest BCUT2D eigenvalue weighted by molar-refractivity contribution is 14.0. The van der Waals surface area contributed by atoms with Crippen molar-refractivity contribution in [2.45, 2.75) is 38.5 Å². The van der Waals surface area contributed by atoms with Gasteiger partial charge in [-0.1, -0.05) is 6.42 Å². The molecule has 1 spiro atoms. The van der Waals surface area contributed by atoms with Gasteiger partial charge in [0.1, 0.15) is 9.84 Å². The zero-order valence-corrected chi connectivity index (χ0v) is 16.7. The Morgan fingerprint density at radius 3 is 2.32 bits per heavy atom. The van der Waals surface area contributed by atoms with Gasteiger partial charge in [0.25, 0.3) is 0 Å². The molecule has 3 aliphatic rings. The predicted octanol–water partition coefficient (Wildman–Crippen LogP) is 1.88. The summed E-state index contributed by atoms with van der Waals surface area (Å²) in [7, 11) is -1.08. The summed E-state index contributed by atoms with van der Waals surface area (Å²) in [6.45, 7) is 2.93. The van der Waals surface area contributed by atoms with Crippen LogP contribution in [-0.4, -0.2) is 58.0 Å². The SMILES string of the molecule is CN=C(NCC1(CS(C)(=O)=O)CC1)N1CCC2(CCC2)C1.I. The Bertz CT molecular complexity index is 539. The van der Waals surface area contributed by atoms with Crippen molar-refractivity contribution < 1.29 is 8.42 Å². The van der Waals surface area contributed by atoms with Crippen molar-refractivity contribution >= 4 is 39.8 Å². The van der Waals surface area contributed by atoms with E-state index in [1.165, 1.54) is 31.9 Å². The van der Waals surface area contributed by atoms with Gasteiger partial charge >= 0.3 is 0 Å². The third-order valence-corrected chi connectivity index (χ3v) is 6.65. The lowest BCUT2D eigenvalue weighted by Crippen LogP contribution is -2.45. The minimum absolute atomic E-state index is 0. The van der Waals surface area contributed by atoms with Gasteiger partial charge in [-0.3, -0.25) is 4.99 Å². The lowest BCUT2D eigenvalue weighted by atomic mass is 9.68. The Morgan fingerprint density at radius 2 is 1.91 bits per heavy atom. The van der Waals surface area contributed by atoms with Crippen LogP contribution in [0.15, 0.2) is 4.99 Å². The molecule has 128 valence electrons. The molecule has 1 saturated heterocycles. The van der Waals surface area contributed by atoms with Crippen LogP contribution in [0.1, 0.15) is 38.5 Å². The highest BCUT2D eigenvalue weighted by atomic mass is 127. The van der Waals surface area contributed by atoms with Crippen LogP contribution >= 0.6 is 24.0 Å². The molecule has 0 aromatic heterocycles. The lowest BCUT2D eigenvalue weighted by molar-refractivity contribution is 0.151. The van der Waals surface area contributed by atoms with Crippen LogP contribution in [0.5, 0.6) is 0 Å². The molecule has 0 atom stereocenters. The van der Waals surface area contributed by atoms with Gasteiger partial charge in [0.05, 0.1) is 5.75 Å². The van der Waals surface area contributed by atoms with Gasteiger partial charge in [-0.15, -0.1) is 24.0 Å². The second-order valence-electron chi connectivity index (χ2n) is 7.50. The van der Waals surface area contributed by atoms with Crippen molar-refractivity contribution in [2.24, 2.45) is 15.8 Å². The van der Waals surface area contributed by atoms with Crippen molar-refractivity contribution in [1.82, 2.24) is 10.2 Å². The van der Waals surface area contributed by atoms with Crippen LogP contribution < -0.4 is 5.32 Å². The molecule has 2 aliphatic carbocycles. The van der Waals surface area contributed by atoms with Crippen LogP contribution in [0.3, 0.4) is 0 Å². The number of rotatable bonds is 4. The molecule has 0 amide bonds. The van der Waals surface area contributed by atoms with Crippen LogP contribution in [0, 0.1) is 10.8 Å². The van der Waals surface area contributed by atoms with Gasteiger partial charge in [0.15, 0.2) is 5.96 Å². The average molecular weight is 441 g/mol. The van der Waals surface area contributed by atoms with Gasteiger partial charge in [0.2, 0.25) is 0 Å². The summed E-state index contributed by atoms with van der Waals surface area (Å²) in [6, 6.07) is 0. The van der Waals surface area contributed by atoms with Crippen LogP contribution in [0.2, 0.25) is 0 Å². The van der Waals surface area contributed by atoms with E-state index >= 15 is 0 Å². The van der Waals surface area contributed by atoms with Gasteiger partial charge < -0.3 is 10.2 Å². The first-order valence-electron chi connectivity index (χ1n) is 7.99. The minimum atomic E-state index is -2.90. The third-order valence-electron chi connectivity index (χ3n) is 5.51. The van der Waals surface area contributed by atoms with E-state index in [1.54, 1.807) is 0 Å². The molecular formula is C15H28IN3O2S. The Morgan fingerprint density at radius 1 is 1.23 bits per heavy atom. The normalized spacial score (nSPS) is 25.5. The van der Waals surface area contributed by atoms with Crippen molar-refractivity contribution in [1.29, 1.82) is 0 Å². The molecule has 0 aromatic carbocycles. The second-order valence-corrected chi connectivity index (χ2v) is 9.64. The molecule has 0 bridgehead atoms. The molecule has 2 saturated carbocycles. The first-order valence-corrected chi connectivity index (χ1v) is 10.0. The summed E-state index contributed by atoms with van der Waals surface area (Å²) in [4.78, 5) is 6.76. The fraction of sp³-hybridized carbons (Fsp3) is 0.933. The van der Waals surface area contributed by atoms with E-state index in [2.05, 4.69) is 15.2 Å². The molecule has 1 N–H and O–H groups in total. The maximum atomic E-state index is 11.5. The fourth-order valence-electron chi connectivity index (χ4n) is 3.90. The summed E-state index contributed by atoms with van der Waals surface area (Å²) in [5.41, 5.74) is 0.513. The van der Waals surface area contributed by atoms with E-state index in [0.29, 0.717) is 11.2 Å². The molecule has 22 heavy (non-hydrogen) atoms. The molecule has 0 radical (unpaired) electrons. The van der Waals surface area contributed by atoms with Crippen molar-refractivity contribution in [3.8, 4) is 0 Å². The maximum Gasteiger partial charge on any atom is 0.193 e. The van der Waals surface area contributed by atoms with E-state index in [0.717, 1.165) is 38.4 Å². The molecule has 3 rings (SSSR count). The summed E-state index contributed by atoms with van der Waals surface area (Å²) >= 11 is 0. The van der Waals surface area contributed by atoms with Crippen LogP contribution in [0.4, 0.5) is 0 Å². The minimum Gasteiger partial charge on any atom is -0.356 e. The number of nitrogens with one attached hydrogen (secondary N) is 1. The number of aliphatic imine (C=N–C) groups is 1. The van der Waals surface area contributed by atoms with Crippen molar-refractivity contribution in [3.05, 3.63) is 0 Å². The smallest absolute Gasteiger partial charge is 0.193 e. The summed E-state index contributed by atoms with van der Waals surface area (Å²) in [6.07, 6.45) is 8.72. The molecular weight excluding hydrogens is 413 g/mol. The van der Waals surface area contributed by atoms with Gasteiger partial charge in [-0.25, -0.2) is 8.42 Å². The molecule has 1 heterocycles. The molecule has 5 nitrogen and oxygen atoms in total. The summed E-state index contributed by atoms with van der Waals surface area (Å²) in [5.74, 6) is 1.26. The average Bonchev–Trinajstić information content (AvgIpc) is 2.94. The van der Waals surface area contributed by atoms with Crippen molar-refractivity contribution in [2.75, 3.05) is 38.7 Å². The molecule has 0 aromatic rings. The zero-order valence-electron chi connectivity index (χ0n) is 13.6. The lowest BCUT2D eigenvalue weighted by Gasteiger charge is -2.38. The van der Waals surface area contributed by atoms with Crippen LogP contribution in [-0.2, 0) is 9.84 Å². The first kappa shape index (κ1) is 18.3. The van der Waals surface area contributed by atoms with E-state index in [-0.39, 0.29) is 29.4 Å². The second kappa shape index (κ2) is 6.45. The fourth-order valence-corrected chi connectivity index (χ4v) is 5.41. The largest absolute Gasteiger partial charge is 0.356 e. The number of guanidine groups is 1. The van der Waals surface area contributed by atoms with Crippen LogP contribution in [0.25, 0.3) is 0 Å². The maximum absolute atomic E-state index is 11.5. The van der Waals surface area contributed by atoms with E-state index < -0.39 is 9.84 Å². The number of hydrogen-bond donors (Lipinski definition) is 1. The Kier molecular flexibility index (Phi) is 5.36. The Hall–Kier alpha value is -0.0500. The summed E-state index contributed by atoms with van der Waals surface area (Å²) < 4.78 is 23.0. The molecule has 3 fully saturated rings. The molecule has 7 heteroatoms. The van der Waals surface area contributed by atoms with Gasteiger partial charge in [-0.05, 0) is 37.5 Å². The van der Waals surface area contributed by atoms with E-state index in [1.807, 2.05) is 7.05 Å². The quantitative estimate of drug-likeness (QED) is 0.411. The van der Waals surface area contributed by atoms with E-state index in [4.69, 9.17) is 0 Å². The Labute approximate surface area is 151 Å². The monoisotopic (exact) mass is 441 g/mol. The number of hydrogen-bond acceptors (Lipinski definition) is 3. The predicted molar refractivity (Wildman–Crippen MR) is 101 cm³/mol. The standard InChI is InChI=1S/C15H27N3O2S.HI/c1-16-13(18-9-8-14(11-18)4-3-5-14)17-10-15(6-7-15)12-21(2,19)20;/h3-12H2,1-2H3,(H,16,17);1H. The zero-order chi connectivity index (χ0) is 15.1. The summed E-state index contributed by atoms with van der Waals surface area (Å²) in [5, 5.41) is 3.43. The van der Waals surface area contributed by atoms with Gasteiger partial charge in [0, 0.05) is 38.4 Å².